The first-order valence-corrected chi connectivity index (χ1v) is 5.51. The number of nitrogens with zero attached hydrogens (tertiary/aromatic N) is 5. The number of H-pyrrole nitrogens is 1. The summed E-state index contributed by atoms with van der Waals surface area (Å²) >= 11 is 0. The van der Waals surface area contributed by atoms with Gasteiger partial charge < -0.3 is 10.3 Å². The van der Waals surface area contributed by atoms with Crippen molar-refractivity contribution >= 4 is 16.8 Å². The molecule has 17 heavy (non-hydrogen) atoms. The minimum Gasteiger partial charge on any atom is -0.340 e. The van der Waals surface area contributed by atoms with Gasteiger partial charge in [-0.05, 0) is 0 Å². The Bertz CT molecular complexity index is 651. The van der Waals surface area contributed by atoms with Crippen LogP contribution in [0.3, 0.4) is 0 Å². The monoisotopic (exact) mass is 231 g/mol. The van der Waals surface area contributed by atoms with E-state index >= 15 is 0 Å². The van der Waals surface area contributed by atoms with Crippen molar-refractivity contribution < 1.29 is 0 Å². The molecular formula is C10H13N7. The maximum atomic E-state index is 4.24. The van der Waals surface area contributed by atoms with Crippen LogP contribution in [0.15, 0.2) is 12.7 Å². The third kappa shape index (κ3) is 1.64. The van der Waals surface area contributed by atoms with E-state index in [4.69, 9.17) is 0 Å². The van der Waals surface area contributed by atoms with Crippen LogP contribution in [0.25, 0.3) is 16.8 Å². The van der Waals surface area contributed by atoms with Gasteiger partial charge in [0.2, 0.25) is 0 Å². The summed E-state index contributed by atoms with van der Waals surface area (Å²) in [4.78, 5) is 11.4. The van der Waals surface area contributed by atoms with E-state index in [9.17, 15) is 0 Å². The highest BCUT2D eigenvalue weighted by Crippen LogP contribution is 2.12. The molecule has 88 valence electrons. The van der Waals surface area contributed by atoms with Crippen molar-refractivity contribution in [3.05, 3.63) is 18.5 Å². The van der Waals surface area contributed by atoms with Gasteiger partial charge in [-0.2, -0.15) is 0 Å². The summed E-state index contributed by atoms with van der Waals surface area (Å²) in [6, 6.07) is 0.409. The summed E-state index contributed by atoms with van der Waals surface area (Å²) in [6.07, 6.45) is 3.31. The maximum absolute atomic E-state index is 4.24. The fourth-order valence-corrected chi connectivity index (χ4v) is 1.69. The molecule has 0 aromatic carbocycles. The highest BCUT2D eigenvalue weighted by Gasteiger charge is 2.10. The van der Waals surface area contributed by atoms with Gasteiger partial charge in [0, 0.05) is 6.04 Å². The van der Waals surface area contributed by atoms with Crippen molar-refractivity contribution in [1.29, 1.82) is 0 Å². The predicted molar refractivity (Wildman–Crippen MR) is 62.4 cm³/mol. The number of aromatic nitrogens is 6. The van der Waals surface area contributed by atoms with Crippen molar-refractivity contribution in [2.45, 2.75) is 26.4 Å². The first kappa shape index (κ1) is 10.2. The molecule has 0 saturated carbocycles. The van der Waals surface area contributed by atoms with Crippen LogP contribution in [-0.2, 0) is 6.54 Å². The van der Waals surface area contributed by atoms with E-state index in [2.05, 4.69) is 44.3 Å². The van der Waals surface area contributed by atoms with Gasteiger partial charge in [-0.3, -0.25) is 4.40 Å². The molecule has 0 saturated heterocycles. The normalized spacial score (nSPS) is 11.9. The highest BCUT2D eigenvalue weighted by atomic mass is 15.3. The molecule has 0 spiro atoms. The summed E-state index contributed by atoms with van der Waals surface area (Å²) in [5.41, 5.74) is 2.23. The molecule has 3 aromatic rings. The number of rotatable bonds is 3. The van der Waals surface area contributed by atoms with E-state index in [0.29, 0.717) is 18.2 Å². The number of nitrogens with one attached hydrogen (secondary N) is 2. The average molecular weight is 231 g/mol. The number of hydrogen-bond acceptors (Lipinski definition) is 5. The number of hydrogen-bond donors (Lipinski definition) is 2. The summed E-state index contributed by atoms with van der Waals surface area (Å²) < 4.78 is 1.87. The number of aromatic amines is 1. The molecular weight excluding hydrogens is 218 g/mol. The second kappa shape index (κ2) is 3.77. The molecule has 0 atom stereocenters. The van der Waals surface area contributed by atoms with E-state index in [0.717, 1.165) is 17.0 Å². The Balaban J connectivity index is 2.09. The van der Waals surface area contributed by atoms with Crippen LogP contribution in [-0.4, -0.2) is 35.6 Å². The molecule has 3 aromatic heterocycles. The third-order valence-electron chi connectivity index (χ3n) is 2.57. The van der Waals surface area contributed by atoms with Crippen LogP contribution in [0, 0.1) is 0 Å². The first-order valence-electron chi connectivity index (χ1n) is 5.51. The Kier molecular flexibility index (Phi) is 2.25. The summed E-state index contributed by atoms with van der Waals surface area (Å²) in [7, 11) is 0. The molecule has 0 amide bonds. The second-order valence-electron chi connectivity index (χ2n) is 4.19. The van der Waals surface area contributed by atoms with Gasteiger partial charge in [0.25, 0.3) is 0 Å². The van der Waals surface area contributed by atoms with Crippen LogP contribution in [0.1, 0.15) is 19.7 Å². The van der Waals surface area contributed by atoms with Gasteiger partial charge in [-0.1, -0.05) is 13.8 Å². The molecule has 0 radical (unpaired) electrons. The fourth-order valence-electron chi connectivity index (χ4n) is 1.69. The largest absolute Gasteiger partial charge is 0.340 e. The molecule has 7 nitrogen and oxygen atoms in total. The fraction of sp³-hybridized carbons (Fsp3) is 0.400. The van der Waals surface area contributed by atoms with E-state index in [1.165, 1.54) is 0 Å². The number of fused-ring (bicyclic) bond motifs is 3. The molecule has 7 heteroatoms. The third-order valence-corrected chi connectivity index (χ3v) is 2.57. The Morgan fingerprint density at radius 1 is 1.35 bits per heavy atom. The Morgan fingerprint density at radius 3 is 3.06 bits per heavy atom. The van der Waals surface area contributed by atoms with Gasteiger partial charge in [0.05, 0.1) is 12.9 Å². The van der Waals surface area contributed by atoms with Crippen LogP contribution in [0.4, 0.5) is 0 Å². The molecule has 0 aliphatic carbocycles. The van der Waals surface area contributed by atoms with Gasteiger partial charge in [0.15, 0.2) is 17.1 Å². The Hall–Kier alpha value is -2.02. The molecule has 0 fully saturated rings. The zero-order chi connectivity index (χ0) is 11.8. The average Bonchev–Trinajstić information content (AvgIpc) is 2.91. The van der Waals surface area contributed by atoms with Gasteiger partial charge in [-0.15, -0.1) is 10.2 Å². The number of imidazole rings is 1. The van der Waals surface area contributed by atoms with Crippen molar-refractivity contribution in [3.63, 3.8) is 0 Å². The van der Waals surface area contributed by atoms with Crippen molar-refractivity contribution in [1.82, 2.24) is 34.9 Å². The summed E-state index contributed by atoms with van der Waals surface area (Å²) in [5.74, 6) is 0.845. The molecule has 0 aliphatic rings. The second-order valence-corrected chi connectivity index (χ2v) is 4.19. The minimum atomic E-state index is 0.409. The molecule has 3 rings (SSSR count). The molecule has 0 aliphatic heterocycles. The van der Waals surface area contributed by atoms with Crippen LogP contribution in [0.5, 0.6) is 0 Å². The molecule has 3 heterocycles. The van der Waals surface area contributed by atoms with Crippen molar-refractivity contribution in [2.75, 3.05) is 0 Å². The predicted octanol–water partition coefficient (Wildman–Crippen LogP) is 0.499. The van der Waals surface area contributed by atoms with E-state index in [1.807, 2.05) is 4.40 Å². The highest BCUT2D eigenvalue weighted by molar-refractivity contribution is 5.84. The zero-order valence-corrected chi connectivity index (χ0v) is 9.68. The van der Waals surface area contributed by atoms with Crippen LogP contribution >= 0.6 is 0 Å². The molecule has 2 N–H and O–H groups in total. The minimum absolute atomic E-state index is 0.409. The van der Waals surface area contributed by atoms with Crippen LogP contribution < -0.4 is 5.32 Å². The topological polar surface area (TPSA) is 83.8 Å². The lowest BCUT2D eigenvalue weighted by Crippen LogP contribution is -2.23. The van der Waals surface area contributed by atoms with Gasteiger partial charge >= 0.3 is 0 Å². The lowest BCUT2D eigenvalue weighted by atomic mass is 10.4. The molecule has 0 bridgehead atoms. The Morgan fingerprint density at radius 2 is 2.24 bits per heavy atom. The summed E-state index contributed by atoms with van der Waals surface area (Å²) in [6.45, 7) is 4.85. The van der Waals surface area contributed by atoms with E-state index < -0.39 is 0 Å². The Labute approximate surface area is 97.3 Å². The smallest absolute Gasteiger partial charge is 0.189 e. The van der Waals surface area contributed by atoms with Crippen molar-refractivity contribution in [2.24, 2.45) is 0 Å². The standard InChI is InChI=1S/C10H13N7/c1-6(2)11-3-7-15-16-10-8-9(13-4-12-8)14-5-17(7)10/h4-6,11H,3H2,1-2H3,(H,12,13). The SMILES string of the molecule is CC(C)NCc1nnc2c3[nH]cnc3ncn12. The maximum Gasteiger partial charge on any atom is 0.189 e. The lowest BCUT2D eigenvalue weighted by Gasteiger charge is -2.05. The molecule has 0 unspecified atom stereocenters. The quantitative estimate of drug-likeness (QED) is 0.685. The first-order chi connectivity index (χ1) is 8.25. The lowest BCUT2D eigenvalue weighted by molar-refractivity contribution is 0.569. The van der Waals surface area contributed by atoms with Crippen LogP contribution in [0.2, 0.25) is 0 Å². The zero-order valence-electron chi connectivity index (χ0n) is 9.68. The van der Waals surface area contributed by atoms with E-state index in [1.54, 1.807) is 12.7 Å². The summed E-state index contributed by atoms with van der Waals surface area (Å²) in [5, 5.41) is 11.6. The van der Waals surface area contributed by atoms with Crippen molar-refractivity contribution in [3.8, 4) is 0 Å². The van der Waals surface area contributed by atoms with E-state index in [-0.39, 0.29) is 0 Å². The van der Waals surface area contributed by atoms with Gasteiger partial charge in [0.1, 0.15) is 11.8 Å². The van der Waals surface area contributed by atoms with Gasteiger partial charge in [-0.25, -0.2) is 9.97 Å².